The van der Waals surface area contributed by atoms with Crippen molar-refractivity contribution in [1.29, 1.82) is 0 Å². The third kappa shape index (κ3) is 1.57. The van der Waals surface area contributed by atoms with Gasteiger partial charge in [0.05, 0.1) is 15.6 Å². The Hall–Kier alpha value is -0.800. The topological polar surface area (TPSA) is 9.23 Å². The molecule has 0 N–H and O–H groups in total. The summed E-state index contributed by atoms with van der Waals surface area (Å²) in [6, 6.07) is 4.66. The quantitative estimate of drug-likeness (QED) is 0.755. The van der Waals surface area contributed by atoms with Gasteiger partial charge in [-0.05, 0) is 25.1 Å². The summed E-state index contributed by atoms with van der Waals surface area (Å²) in [4.78, 5) is 0. The van der Waals surface area contributed by atoms with Crippen LogP contribution in [-0.2, 0) is 0 Å². The van der Waals surface area contributed by atoms with E-state index in [4.69, 9.17) is 16.3 Å². The Labute approximate surface area is 90.1 Å². The molecule has 0 unspecified atom stereocenters. The molecule has 1 heterocycles. The lowest BCUT2D eigenvalue weighted by Gasteiger charge is -2.03. The highest BCUT2D eigenvalue weighted by molar-refractivity contribution is 7.23. The Kier molecular flexibility index (Phi) is 2.61. The highest BCUT2D eigenvalue weighted by Gasteiger charge is 2.10. The lowest BCUT2D eigenvalue weighted by molar-refractivity contribution is 0.344. The molecule has 0 bridgehead atoms. The summed E-state index contributed by atoms with van der Waals surface area (Å²) >= 11 is 7.16. The van der Waals surface area contributed by atoms with Crippen LogP contribution in [0.1, 0.15) is 6.92 Å². The van der Waals surface area contributed by atoms with E-state index >= 15 is 0 Å². The highest BCUT2D eigenvalue weighted by Crippen LogP contribution is 2.37. The van der Waals surface area contributed by atoms with Crippen molar-refractivity contribution < 1.29 is 9.13 Å². The van der Waals surface area contributed by atoms with Crippen molar-refractivity contribution in [3.05, 3.63) is 28.4 Å². The molecule has 2 aromatic rings. The molecule has 0 aliphatic heterocycles. The molecule has 0 saturated carbocycles. The molecule has 2 rings (SSSR count). The van der Waals surface area contributed by atoms with E-state index in [9.17, 15) is 4.39 Å². The zero-order valence-corrected chi connectivity index (χ0v) is 9.08. The predicted molar refractivity (Wildman–Crippen MR) is 58.0 cm³/mol. The van der Waals surface area contributed by atoms with Crippen molar-refractivity contribution in [2.45, 2.75) is 6.92 Å². The molecule has 74 valence electrons. The van der Waals surface area contributed by atoms with E-state index in [0.29, 0.717) is 22.1 Å². The first kappa shape index (κ1) is 9.74. The Morgan fingerprint density at radius 3 is 3.00 bits per heavy atom. The maximum atomic E-state index is 13.3. The van der Waals surface area contributed by atoms with Crippen LogP contribution in [-0.4, -0.2) is 6.61 Å². The zero-order valence-electron chi connectivity index (χ0n) is 7.51. The first-order valence-corrected chi connectivity index (χ1v) is 5.42. The lowest BCUT2D eigenvalue weighted by Crippen LogP contribution is -1.91. The Bertz CT molecular complexity index is 466. The van der Waals surface area contributed by atoms with Crippen LogP contribution < -0.4 is 4.74 Å². The number of thiophene rings is 1. The van der Waals surface area contributed by atoms with Crippen LogP contribution in [0, 0.1) is 5.82 Å². The SMILES string of the molecule is CCOc1ccc(F)c2cc(Cl)sc12. The molecule has 0 atom stereocenters. The molecule has 4 heteroatoms. The molecule has 0 aliphatic rings. The van der Waals surface area contributed by atoms with E-state index in [1.165, 1.54) is 17.4 Å². The molecular weight excluding hydrogens is 223 g/mol. The van der Waals surface area contributed by atoms with Gasteiger partial charge in [0.15, 0.2) is 0 Å². The molecule has 1 aromatic heterocycles. The number of halogens is 2. The average Bonchev–Trinajstić information content (AvgIpc) is 2.53. The minimum absolute atomic E-state index is 0.258. The van der Waals surface area contributed by atoms with Crippen LogP contribution in [0.25, 0.3) is 10.1 Å². The second-order valence-corrected chi connectivity index (χ2v) is 4.46. The van der Waals surface area contributed by atoms with Gasteiger partial charge in [0.1, 0.15) is 11.6 Å². The van der Waals surface area contributed by atoms with E-state index in [1.54, 1.807) is 12.1 Å². The van der Waals surface area contributed by atoms with E-state index in [-0.39, 0.29) is 5.82 Å². The van der Waals surface area contributed by atoms with Crippen LogP contribution in [0.5, 0.6) is 5.75 Å². The van der Waals surface area contributed by atoms with Gasteiger partial charge in [-0.25, -0.2) is 4.39 Å². The summed E-state index contributed by atoms with van der Waals surface area (Å²) in [7, 11) is 0. The molecule has 0 saturated heterocycles. The number of hydrogen-bond acceptors (Lipinski definition) is 2. The predicted octanol–water partition coefficient (Wildman–Crippen LogP) is 4.09. The summed E-state index contributed by atoms with van der Waals surface area (Å²) in [5.74, 6) is 0.437. The van der Waals surface area contributed by atoms with Gasteiger partial charge < -0.3 is 4.74 Å². The van der Waals surface area contributed by atoms with E-state index in [0.717, 1.165) is 4.70 Å². The average molecular weight is 231 g/mol. The normalized spacial score (nSPS) is 10.8. The molecule has 0 aliphatic carbocycles. The monoisotopic (exact) mass is 230 g/mol. The van der Waals surface area contributed by atoms with Gasteiger partial charge in [0.2, 0.25) is 0 Å². The molecule has 0 spiro atoms. The van der Waals surface area contributed by atoms with Gasteiger partial charge in [0.25, 0.3) is 0 Å². The van der Waals surface area contributed by atoms with Crippen molar-refractivity contribution in [2.75, 3.05) is 6.61 Å². The summed E-state index contributed by atoms with van der Waals surface area (Å²) in [6.07, 6.45) is 0. The molecule has 1 nitrogen and oxygen atoms in total. The summed E-state index contributed by atoms with van der Waals surface area (Å²) in [6.45, 7) is 2.46. The van der Waals surface area contributed by atoms with Crippen LogP contribution in [0.4, 0.5) is 4.39 Å². The fourth-order valence-corrected chi connectivity index (χ4v) is 2.51. The molecule has 0 amide bonds. The van der Waals surface area contributed by atoms with Crippen molar-refractivity contribution in [2.24, 2.45) is 0 Å². The van der Waals surface area contributed by atoms with E-state index < -0.39 is 0 Å². The molecule has 14 heavy (non-hydrogen) atoms. The number of benzene rings is 1. The van der Waals surface area contributed by atoms with Gasteiger partial charge in [-0.1, -0.05) is 11.6 Å². The van der Waals surface area contributed by atoms with Crippen molar-refractivity contribution >= 4 is 33.0 Å². The van der Waals surface area contributed by atoms with Crippen molar-refractivity contribution in [3.8, 4) is 5.75 Å². The maximum absolute atomic E-state index is 13.3. The number of hydrogen-bond donors (Lipinski definition) is 0. The van der Waals surface area contributed by atoms with E-state index in [2.05, 4.69) is 0 Å². The molecule has 1 aromatic carbocycles. The minimum atomic E-state index is -0.258. The lowest BCUT2D eigenvalue weighted by atomic mass is 10.2. The summed E-state index contributed by atoms with van der Waals surface area (Å²) in [5, 5.41) is 0.533. The Morgan fingerprint density at radius 1 is 1.50 bits per heavy atom. The van der Waals surface area contributed by atoms with Gasteiger partial charge in [-0.3, -0.25) is 0 Å². The third-order valence-electron chi connectivity index (χ3n) is 1.86. The largest absolute Gasteiger partial charge is 0.492 e. The minimum Gasteiger partial charge on any atom is -0.492 e. The van der Waals surface area contributed by atoms with Crippen LogP contribution in [0.2, 0.25) is 4.34 Å². The number of ether oxygens (including phenoxy) is 1. The van der Waals surface area contributed by atoms with Crippen LogP contribution >= 0.6 is 22.9 Å². The van der Waals surface area contributed by atoms with Crippen LogP contribution in [0.3, 0.4) is 0 Å². The summed E-state index contributed by atoms with van der Waals surface area (Å²) < 4.78 is 20.0. The molecule has 0 fully saturated rings. The third-order valence-corrected chi connectivity index (χ3v) is 3.14. The van der Waals surface area contributed by atoms with Gasteiger partial charge >= 0.3 is 0 Å². The fourth-order valence-electron chi connectivity index (χ4n) is 1.30. The fraction of sp³-hybridized carbons (Fsp3) is 0.200. The van der Waals surface area contributed by atoms with Crippen molar-refractivity contribution in [3.63, 3.8) is 0 Å². The highest BCUT2D eigenvalue weighted by atomic mass is 35.5. The Morgan fingerprint density at radius 2 is 2.29 bits per heavy atom. The smallest absolute Gasteiger partial charge is 0.137 e. The van der Waals surface area contributed by atoms with Gasteiger partial charge in [-0.2, -0.15) is 0 Å². The molecule has 0 radical (unpaired) electrons. The first-order chi connectivity index (χ1) is 6.72. The second kappa shape index (κ2) is 3.75. The second-order valence-electron chi connectivity index (χ2n) is 2.77. The van der Waals surface area contributed by atoms with E-state index in [1.807, 2.05) is 6.92 Å². The Balaban J connectivity index is 2.68. The van der Waals surface area contributed by atoms with Gasteiger partial charge in [-0.15, -0.1) is 11.3 Å². The van der Waals surface area contributed by atoms with Crippen LogP contribution in [0.15, 0.2) is 18.2 Å². The molecular formula is C10H8ClFOS. The zero-order chi connectivity index (χ0) is 10.1. The standard InChI is InChI=1S/C10H8ClFOS/c1-2-13-8-4-3-7(12)6-5-9(11)14-10(6)8/h3-5H,2H2,1H3. The summed E-state index contributed by atoms with van der Waals surface area (Å²) in [5.41, 5.74) is 0. The number of fused-ring (bicyclic) bond motifs is 1. The number of rotatable bonds is 2. The first-order valence-electron chi connectivity index (χ1n) is 4.22. The van der Waals surface area contributed by atoms with Gasteiger partial charge in [0, 0.05) is 5.39 Å². The van der Waals surface area contributed by atoms with Crippen molar-refractivity contribution in [1.82, 2.24) is 0 Å². The maximum Gasteiger partial charge on any atom is 0.137 e.